The number of aliphatic carboxylic acids is 1. The first-order valence-corrected chi connectivity index (χ1v) is 4.83. The number of hydrogen-bond acceptors (Lipinski definition) is 2. The van der Waals surface area contributed by atoms with E-state index in [0.717, 1.165) is 0 Å². The maximum absolute atomic E-state index is 10.7. The van der Waals surface area contributed by atoms with Crippen molar-refractivity contribution in [2.45, 2.75) is 13.3 Å². The molecular formula is C10H9Cl2NO2. The Morgan fingerprint density at radius 1 is 1.53 bits per heavy atom. The molecule has 0 aliphatic carbocycles. The number of carboxylic acid groups (broad SMARTS) is 1. The van der Waals surface area contributed by atoms with Gasteiger partial charge >= 0.3 is 5.97 Å². The monoisotopic (exact) mass is 245 g/mol. The SMILES string of the molecule is CCC(=CC(C=CC#N)=C(Cl)Cl)C(=O)O. The smallest absolute Gasteiger partial charge is 0.331 e. The number of nitriles is 1. The fourth-order valence-electron chi connectivity index (χ4n) is 0.795. The molecular weight excluding hydrogens is 237 g/mol. The van der Waals surface area contributed by atoms with Crippen LogP contribution in [0.25, 0.3) is 0 Å². The molecule has 0 fully saturated rings. The third-order valence-corrected chi connectivity index (χ3v) is 1.98. The van der Waals surface area contributed by atoms with Crippen LogP contribution in [0.3, 0.4) is 0 Å². The number of hydrogen-bond donors (Lipinski definition) is 1. The van der Waals surface area contributed by atoms with E-state index in [4.69, 9.17) is 33.6 Å². The van der Waals surface area contributed by atoms with Crippen molar-refractivity contribution >= 4 is 29.2 Å². The molecule has 0 bridgehead atoms. The zero-order valence-electron chi connectivity index (χ0n) is 8.00. The summed E-state index contributed by atoms with van der Waals surface area (Å²) in [4.78, 5) is 10.7. The topological polar surface area (TPSA) is 61.1 Å². The molecule has 0 aliphatic heterocycles. The Kier molecular flexibility index (Phi) is 6.52. The molecule has 0 aromatic carbocycles. The molecule has 3 nitrogen and oxygen atoms in total. The van der Waals surface area contributed by atoms with Crippen LogP contribution in [0.15, 0.2) is 33.9 Å². The zero-order chi connectivity index (χ0) is 11.8. The lowest BCUT2D eigenvalue weighted by molar-refractivity contribution is -0.132. The van der Waals surface area contributed by atoms with Crippen LogP contribution in [0, 0.1) is 11.3 Å². The lowest BCUT2D eigenvalue weighted by Gasteiger charge is -1.99. The maximum atomic E-state index is 10.7. The van der Waals surface area contributed by atoms with E-state index in [2.05, 4.69) is 0 Å². The second-order valence-electron chi connectivity index (χ2n) is 2.51. The summed E-state index contributed by atoms with van der Waals surface area (Å²) in [5.74, 6) is -1.03. The normalized spacial score (nSPS) is 11.2. The summed E-state index contributed by atoms with van der Waals surface area (Å²) in [6, 6.07) is 1.76. The van der Waals surface area contributed by atoms with E-state index in [1.165, 1.54) is 18.2 Å². The van der Waals surface area contributed by atoms with Crippen LogP contribution in [-0.2, 0) is 4.79 Å². The first kappa shape index (κ1) is 13.8. The largest absolute Gasteiger partial charge is 0.478 e. The Labute approximate surface area is 97.9 Å². The summed E-state index contributed by atoms with van der Waals surface area (Å²) >= 11 is 11.1. The van der Waals surface area contributed by atoms with Gasteiger partial charge in [0, 0.05) is 17.2 Å². The van der Waals surface area contributed by atoms with Gasteiger partial charge in [-0.05, 0) is 18.6 Å². The van der Waals surface area contributed by atoms with Gasteiger partial charge in [0.2, 0.25) is 0 Å². The third-order valence-electron chi connectivity index (χ3n) is 1.54. The molecule has 0 heterocycles. The molecule has 0 aromatic rings. The Morgan fingerprint density at radius 3 is 2.47 bits per heavy atom. The van der Waals surface area contributed by atoms with Gasteiger partial charge in [-0.1, -0.05) is 30.1 Å². The summed E-state index contributed by atoms with van der Waals surface area (Å²) < 4.78 is -0.0753. The second kappa shape index (κ2) is 7.10. The van der Waals surface area contributed by atoms with Crippen LogP contribution >= 0.6 is 23.2 Å². The highest BCUT2D eigenvalue weighted by Gasteiger charge is 2.05. The van der Waals surface area contributed by atoms with Crippen LogP contribution in [0.1, 0.15) is 13.3 Å². The summed E-state index contributed by atoms with van der Waals surface area (Å²) in [7, 11) is 0. The summed E-state index contributed by atoms with van der Waals surface area (Å²) in [5.41, 5.74) is 0.477. The molecule has 1 N–H and O–H groups in total. The number of carboxylic acids is 1. The Balaban J connectivity index is 5.16. The standard InChI is InChI=1S/C10H9Cl2NO2/c1-2-7(10(14)15)6-8(9(11)12)4-3-5-13/h3-4,6H,2H2,1H3,(H,14,15). The molecule has 0 saturated heterocycles. The van der Waals surface area contributed by atoms with Crippen LogP contribution in [-0.4, -0.2) is 11.1 Å². The van der Waals surface area contributed by atoms with Gasteiger partial charge in [0.1, 0.15) is 4.49 Å². The Hall–Kier alpha value is -1.24. The minimum Gasteiger partial charge on any atom is -0.478 e. The van der Waals surface area contributed by atoms with Crippen LogP contribution in [0.5, 0.6) is 0 Å². The molecule has 0 spiro atoms. The van der Waals surface area contributed by atoms with Gasteiger partial charge in [0.15, 0.2) is 0 Å². The molecule has 0 aliphatic rings. The lowest BCUT2D eigenvalue weighted by atomic mass is 10.1. The maximum Gasteiger partial charge on any atom is 0.331 e. The van der Waals surface area contributed by atoms with Crippen LogP contribution in [0.4, 0.5) is 0 Å². The van der Waals surface area contributed by atoms with Gasteiger partial charge < -0.3 is 5.11 Å². The number of carbonyl (C=O) groups is 1. The average molecular weight is 246 g/mol. The Bertz CT molecular complexity index is 371. The quantitative estimate of drug-likeness (QED) is 0.470. The lowest BCUT2D eigenvalue weighted by Crippen LogP contribution is -1.99. The van der Waals surface area contributed by atoms with Gasteiger partial charge in [0.05, 0.1) is 6.07 Å². The van der Waals surface area contributed by atoms with Gasteiger partial charge in [-0.25, -0.2) is 4.79 Å². The molecule has 0 atom stereocenters. The number of allylic oxidation sites excluding steroid dienone is 4. The number of rotatable bonds is 4. The summed E-state index contributed by atoms with van der Waals surface area (Å²) in [5, 5.41) is 17.1. The number of halogens is 2. The molecule has 0 radical (unpaired) electrons. The average Bonchev–Trinajstić information content (AvgIpc) is 2.17. The molecule has 5 heteroatoms. The zero-order valence-corrected chi connectivity index (χ0v) is 9.51. The van der Waals surface area contributed by atoms with Crippen molar-refractivity contribution in [1.29, 1.82) is 5.26 Å². The highest BCUT2D eigenvalue weighted by Crippen LogP contribution is 2.19. The molecule has 0 saturated carbocycles. The molecule has 0 amide bonds. The van der Waals surface area contributed by atoms with Gasteiger partial charge in [-0.15, -0.1) is 0 Å². The van der Waals surface area contributed by atoms with E-state index in [9.17, 15) is 4.79 Å². The van der Waals surface area contributed by atoms with E-state index < -0.39 is 5.97 Å². The van der Waals surface area contributed by atoms with E-state index in [1.54, 1.807) is 13.0 Å². The predicted octanol–water partition coefficient (Wildman–Crippen LogP) is 3.18. The molecule has 0 aromatic heterocycles. The minimum atomic E-state index is -1.03. The minimum absolute atomic E-state index is 0.0753. The fraction of sp³-hybridized carbons (Fsp3) is 0.200. The van der Waals surface area contributed by atoms with Crippen molar-refractivity contribution in [2.75, 3.05) is 0 Å². The van der Waals surface area contributed by atoms with Crippen molar-refractivity contribution in [3.63, 3.8) is 0 Å². The van der Waals surface area contributed by atoms with Gasteiger partial charge in [-0.3, -0.25) is 0 Å². The molecule has 15 heavy (non-hydrogen) atoms. The second-order valence-corrected chi connectivity index (χ2v) is 3.46. The van der Waals surface area contributed by atoms with Crippen molar-refractivity contribution in [1.82, 2.24) is 0 Å². The van der Waals surface area contributed by atoms with E-state index in [1.807, 2.05) is 0 Å². The molecule has 0 rings (SSSR count). The number of nitrogens with zero attached hydrogens (tertiary/aromatic N) is 1. The third kappa shape index (κ3) is 5.26. The van der Waals surface area contributed by atoms with Crippen molar-refractivity contribution < 1.29 is 9.90 Å². The Morgan fingerprint density at radius 2 is 2.13 bits per heavy atom. The first-order chi connectivity index (χ1) is 7.02. The van der Waals surface area contributed by atoms with Crippen molar-refractivity contribution in [3.8, 4) is 6.07 Å². The van der Waals surface area contributed by atoms with Gasteiger partial charge in [0.25, 0.3) is 0 Å². The first-order valence-electron chi connectivity index (χ1n) is 4.08. The fourth-order valence-corrected chi connectivity index (χ4v) is 1.03. The molecule has 0 unspecified atom stereocenters. The van der Waals surface area contributed by atoms with E-state index in [0.29, 0.717) is 12.0 Å². The van der Waals surface area contributed by atoms with Crippen molar-refractivity contribution in [2.24, 2.45) is 0 Å². The van der Waals surface area contributed by atoms with Gasteiger partial charge in [-0.2, -0.15) is 5.26 Å². The summed E-state index contributed by atoms with van der Waals surface area (Å²) in [6.07, 6.45) is 4.21. The van der Waals surface area contributed by atoms with Crippen LogP contribution in [0.2, 0.25) is 0 Å². The highest BCUT2D eigenvalue weighted by atomic mass is 35.5. The van der Waals surface area contributed by atoms with E-state index in [-0.39, 0.29) is 10.1 Å². The summed E-state index contributed by atoms with van der Waals surface area (Å²) in [6.45, 7) is 1.70. The highest BCUT2D eigenvalue weighted by molar-refractivity contribution is 6.56. The predicted molar refractivity (Wildman–Crippen MR) is 59.5 cm³/mol. The molecule has 80 valence electrons. The van der Waals surface area contributed by atoms with Crippen molar-refractivity contribution in [3.05, 3.63) is 33.9 Å². The van der Waals surface area contributed by atoms with Crippen LogP contribution < -0.4 is 0 Å². The van der Waals surface area contributed by atoms with E-state index >= 15 is 0 Å².